The van der Waals surface area contributed by atoms with E-state index in [4.69, 9.17) is 5.11 Å². The van der Waals surface area contributed by atoms with Gasteiger partial charge in [-0.3, -0.25) is 4.79 Å². The molecule has 0 amide bonds. The highest BCUT2D eigenvalue weighted by atomic mass is 16.4. The van der Waals surface area contributed by atoms with Gasteiger partial charge in [-0.25, -0.2) is 4.79 Å². The van der Waals surface area contributed by atoms with Gasteiger partial charge in [0.05, 0.1) is 0 Å². The van der Waals surface area contributed by atoms with E-state index < -0.39 is 5.97 Å². The fraction of sp³-hybridized carbons (Fsp3) is 0.429. The average Bonchev–Trinajstić information content (AvgIpc) is 2.43. The number of Topliss-reactive ketones (excluding diaryl/α,β-unsaturated/α-hetero) is 1. The van der Waals surface area contributed by atoms with Crippen LogP contribution in [0.15, 0.2) is 58.7 Å². The van der Waals surface area contributed by atoms with Gasteiger partial charge in [0.1, 0.15) is 0 Å². The molecule has 1 rings (SSSR count). The fourth-order valence-corrected chi connectivity index (χ4v) is 3.19. The lowest BCUT2D eigenvalue weighted by atomic mass is 9.68. The van der Waals surface area contributed by atoms with Crippen LogP contribution < -0.4 is 0 Å². The van der Waals surface area contributed by atoms with Crippen molar-refractivity contribution >= 4 is 11.8 Å². The lowest BCUT2D eigenvalue weighted by molar-refractivity contribution is -0.131. The van der Waals surface area contributed by atoms with Crippen molar-refractivity contribution in [2.75, 3.05) is 0 Å². The fourth-order valence-electron chi connectivity index (χ4n) is 3.19. The molecule has 0 spiro atoms. The number of carboxylic acids is 1. The summed E-state index contributed by atoms with van der Waals surface area (Å²) in [7, 11) is 0. The van der Waals surface area contributed by atoms with Crippen LogP contribution >= 0.6 is 0 Å². The molecule has 0 aromatic carbocycles. The Morgan fingerprint density at radius 1 is 1.21 bits per heavy atom. The van der Waals surface area contributed by atoms with Crippen LogP contribution in [0.5, 0.6) is 0 Å². The summed E-state index contributed by atoms with van der Waals surface area (Å²) in [5, 5.41) is 8.67. The molecule has 0 saturated carbocycles. The van der Waals surface area contributed by atoms with E-state index in [1.54, 1.807) is 13.0 Å². The van der Waals surface area contributed by atoms with Gasteiger partial charge < -0.3 is 5.11 Å². The zero-order chi connectivity index (χ0) is 18.5. The molecular weight excluding hydrogens is 300 g/mol. The minimum atomic E-state index is -0.946. The number of aliphatic carboxylic acids is 1. The van der Waals surface area contributed by atoms with Crippen molar-refractivity contribution in [3.05, 3.63) is 58.7 Å². The van der Waals surface area contributed by atoms with Crippen molar-refractivity contribution in [2.45, 2.75) is 48.0 Å². The van der Waals surface area contributed by atoms with Gasteiger partial charge in [-0.2, -0.15) is 0 Å². The van der Waals surface area contributed by atoms with Crippen LogP contribution in [0.4, 0.5) is 0 Å². The van der Waals surface area contributed by atoms with E-state index >= 15 is 0 Å². The molecule has 0 radical (unpaired) electrons. The minimum Gasteiger partial charge on any atom is -0.478 e. The molecule has 0 fully saturated rings. The molecule has 0 aliphatic heterocycles. The SMILES string of the molecule is CC1=C(/C=C/C(C)=C/C=C/C(C)=C/C(=O)O)C(C)(C)C[C@H](C)C1=O. The number of hydrogen-bond donors (Lipinski definition) is 1. The molecule has 1 aliphatic carbocycles. The summed E-state index contributed by atoms with van der Waals surface area (Å²) < 4.78 is 0. The second-order valence-corrected chi connectivity index (χ2v) is 7.22. The van der Waals surface area contributed by atoms with E-state index in [9.17, 15) is 9.59 Å². The Labute approximate surface area is 145 Å². The van der Waals surface area contributed by atoms with Crippen molar-refractivity contribution in [2.24, 2.45) is 11.3 Å². The van der Waals surface area contributed by atoms with Crippen LogP contribution in [0.3, 0.4) is 0 Å². The molecule has 0 heterocycles. The average molecular weight is 328 g/mol. The van der Waals surface area contributed by atoms with E-state index in [-0.39, 0.29) is 17.1 Å². The summed E-state index contributed by atoms with van der Waals surface area (Å²) in [5.41, 5.74) is 3.67. The molecule has 0 saturated heterocycles. The monoisotopic (exact) mass is 328 g/mol. The van der Waals surface area contributed by atoms with Crippen molar-refractivity contribution in [1.82, 2.24) is 0 Å². The maximum atomic E-state index is 12.2. The third kappa shape index (κ3) is 5.48. The molecule has 0 bridgehead atoms. The number of ketones is 1. The summed E-state index contributed by atoms with van der Waals surface area (Å²) in [5.74, 6) is -0.621. The highest BCUT2D eigenvalue weighted by Gasteiger charge is 2.35. The molecule has 3 nitrogen and oxygen atoms in total. The molecule has 1 N–H and O–H groups in total. The van der Waals surface area contributed by atoms with Crippen LogP contribution in [0.1, 0.15) is 48.0 Å². The van der Waals surface area contributed by atoms with E-state index in [1.807, 2.05) is 45.1 Å². The quantitative estimate of drug-likeness (QED) is 0.569. The Balaban J connectivity index is 2.95. The predicted octanol–water partition coefficient (Wildman–Crippen LogP) is 5.03. The zero-order valence-electron chi connectivity index (χ0n) is 15.5. The normalized spacial score (nSPS) is 22.8. The maximum Gasteiger partial charge on any atom is 0.328 e. The van der Waals surface area contributed by atoms with E-state index in [0.29, 0.717) is 5.57 Å². The van der Waals surface area contributed by atoms with Gasteiger partial charge in [-0.15, -0.1) is 0 Å². The van der Waals surface area contributed by atoms with Crippen LogP contribution in [0.2, 0.25) is 0 Å². The van der Waals surface area contributed by atoms with Crippen molar-refractivity contribution < 1.29 is 14.7 Å². The van der Waals surface area contributed by atoms with Crippen LogP contribution in [-0.4, -0.2) is 16.9 Å². The van der Waals surface area contributed by atoms with E-state index in [1.165, 1.54) is 6.08 Å². The van der Waals surface area contributed by atoms with Crippen LogP contribution in [0, 0.1) is 11.3 Å². The molecule has 130 valence electrons. The van der Waals surface area contributed by atoms with Crippen LogP contribution in [-0.2, 0) is 9.59 Å². The van der Waals surface area contributed by atoms with Gasteiger partial charge >= 0.3 is 5.97 Å². The van der Waals surface area contributed by atoms with Gasteiger partial charge in [0.25, 0.3) is 0 Å². The largest absolute Gasteiger partial charge is 0.478 e. The number of carbonyl (C=O) groups is 2. The lowest BCUT2D eigenvalue weighted by Crippen LogP contribution is -2.30. The van der Waals surface area contributed by atoms with Crippen LogP contribution in [0.25, 0.3) is 0 Å². The smallest absolute Gasteiger partial charge is 0.328 e. The summed E-state index contributed by atoms with van der Waals surface area (Å²) in [6.07, 6.45) is 11.6. The molecule has 3 heteroatoms. The first-order chi connectivity index (χ1) is 11.0. The Morgan fingerprint density at radius 3 is 2.42 bits per heavy atom. The maximum absolute atomic E-state index is 12.2. The second-order valence-electron chi connectivity index (χ2n) is 7.22. The van der Waals surface area contributed by atoms with E-state index in [2.05, 4.69) is 13.8 Å². The lowest BCUT2D eigenvalue weighted by Gasteiger charge is -2.35. The Morgan fingerprint density at radius 2 is 1.83 bits per heavy atom. The third-order valence-electron chi connectivity index (χ3n) is 4.35. The molecule has 0 unspecified atom stereocenters. The topological polar surface area (TPSA) is 54.4 Å². The standard InChI is InChI=1S/C21H28O3/c1-14(8-7-9-15(2)12-19(22)23)10-11-18-17(4)20(24)16(3)13-21(18,5)6/h7-12,16H,13H2,1-6H3,(H,22,23)/b9-7+,11-10+,14-8+,15-12+/t16-/m0/s1. The molecule has 24 heavy (non-hydrogen) atoms. The first kappa shape index (κ1) is 19.9. The van der Waals surface area contributed by atoms with Crippen molar-refractivity contribution in [3.8, 4) is 0 Å². The summed E-state index contributed by atoms with van der Waals surface area (Å²) >= 11 is 0. The Hall–Kier alpha value is -2.16. The Kier molecular flexibility index (Phi) is 6.70. The molecule has 0 aromatic rings. The number of carbonyl (C=O) groups excluding carboxylic acids is 1. The first-order valence-electron chi connectivity index (χ1n) is 8.24. The highest BCUT2D eigenvalue weighted by molar-refractivity contribution is 5.98. The summed E-state index contributed by atoms with van der Waals surface area (Å²) in [4.78, 5) is 22.8. The molecule has 1 atom stereocenters. The third-order valence-corrected chi connectivity index (χ3v) is 4.35. The minimum absolute atomic E-state index is 0.00908. The Bertz CT molecular complexity index is 667. The summed E-state index contributed by atoms with van der Waals surface area (Å²) in [6.45, 7) is 12.0. The van der Waals surface area contributed by atoms with Crippen molar-refractivity contribution in [1.29, 1.82) is 0 Å². The number of hydrogen-bond acceptors (Lipinski definition) is 2. The van der Waals surface area contributed by atoms with E-state index in [0.717, 1.165) is 23.1 Å². The number of allylic oxidation sites excluding steroid dienone is 9. The molecule has 1 aliphatic rings. The number of carboxylic acid groups (broad SMARTS) is 1. The van der Waals surface area contributed by atoms with Crippen molar-refractivity contribution in [3.63, 3.8) is 0 Å². The summed E-state index contributed by atoms with van der Waals surface area (Å²) in [6, 6.07) is 0. The van der Waals surface area contributed by atoms with Gasteiger partial charge in [-0.1, -0.05) is 56.7 Å². The van der Waals surface area contributed by atoms with Gasteiger partial charge in [-0.05, 0) is 49.3 Å². The molecular formula is C21H28O3. The predicted molar refractivity (Wildman–Crippen MR) is 98.7 cm³/mol. The second kappa shape index (κ2) is 8.09. The highest BCUT2D eigenvalue weighted by Crippen LogP contribution is 2.41. The zero-order valence-corrected chi connectivity index (χ0v) is 15.5. The number of rotatable bonds is 5. The van der Waals surface area contributed by atoms with Gasteiger partial charge in [0.2, 0.25) is 0 Å². The van der Waals surface area contributed by atoms with Gasteiger partial charge in [0, 0.05) is 12.0 Å². The van der Waals surface area contributed by atoms with Gasteiger partial charge in [0.15, 0.2) is 5.78 Å². The molecule has 0 aromatic heterocycles. The first-order valence-corrected chi connectivity index (χ1v) is 8.24.